The van der Waals surface area contributed by atoms with Crippen molar-refractivity contribution in [2.75, 3.05) is 0 Å². The van der Waals surface area contributed by atoms with Gasteiger partial charge in [-0.3, -0.25) is 0 Å². The zero-order chi connectivity index (χ0) is 9.97. The van der Waals surface area contributed by atoms with Crippen LogP contribution >= 0.6 is 0 Å². The van der Waals surface area contributed by atoms with Gasteiger partial charge in [0.1, 0.15) is 5.71 Å². The maximum Gasteiger partial charge on any atom is 0.389 e. The van der Waals surface area contributed by atoms with Crippen LogP contribution in [0.25, 0.3) is 0 Å². The maximum atomic E-state index is 11.0. The predicted octanol–water partition coefficient (Wildman–Crippen LogP) is 0.778. The van der Waals surface area contributed by atoms with Crippen LogP contribution < -0.4 is 0 Å². The molecule has 70 valence electrons. The summed E-state index contributed by atoms with van der Waals surface area (Å²) in [5, 5.41) is 14.9. The second-order valence-corrected chi connectivity index (χ2v) is 2.63. The van der Waals surface area contributed by atoms with Gasteiger partial charge in [0.2, 0.25) is 5.71 Å². The fourth-order valence-corrected chi connectivity index (χ4v) is 1.14. The molecule has 2 rings (SSSR count). The first kappa shape index (κ1) is 8.43. The van der Waals surface area contributed by atoms with E-state index >= 15 is 0 Å². The fourth-order valence-electron chi connectivity index (χ4n) is 1.14. The highest BCUT2D eigenvalue weighted by atomic mass is 16.7. The number of carbonyl (C=O) groups is 1. The molecule has 5 heteroatoms. The first-order valence-electron chi connectivity index (χ1n) is 3.90. The number of nitrogens with zero attached hydrogens (tertiary/aromatic N) is 2. The van der Waals surface area contributed by atoms with Crippen molar-refractivity contribution in [3.05, 3.63) is 35.9 Å². The van der Waals surface area contributed by atoms with E-state index in [4.69, 9.17) is 5.21 Å². The van der Waals surface area contributed by atoms with Crippen molar-refractivity contribution in [1.82, 2.24) is 0 Å². The van der Waals surface area contributed by atoms with Crippen molar-refractivity contribution in [2.45, 2.75) is 0 Å². The molecule has 14 heavy (non-hydrogen) atoms. The van der Waals surface area contributed by atoms with Gasteiger partial charge in [-0.25, -0.2) is 4.79 Å². The van der Waals surface area contributed by atoms with Crippen LogP contribution in [0.15, 0.2) is 40.6 Å². The summed E-state index contributed by atoms with van der Waals surface area (Å²) in [7, 11) is 0. The van der Waals surface area contributed by atoms with Gasteiger partial charge in [0, 0.05) is 5.56 Å². The Hall–Kier alpha value is -2.17. The van der Waals surface area contributed by atoms with E-state index in [0.717, 1.165) is 0 Å². The topological polar surface area (TPSA) is 71.2 Å². The molecule has 0 spiro atoms. The summed E-state index contributed by atoms with van der Waals surface area (Å²) in [5.41, 5.74) is 0.750. The molecule has 0 fully saturated rings. The Morgan fingerprint density at radius 3 is 2.64 bits per heavy atom. The van der Waals surface area contributed by atoms with Gasteiger partial charge < -0.3 is 10.0 Å². The molecular weight excluding hydrogens is 184 g/mol. The van der Waals surface area contributed by atoms with Gasteiger partial charge in [0.25, 0.3) is 0 Å². The summed E-state index contributed by atoms with van der Waals surface area (Å²) >= 11 is 0. The lowest BCUT2D eigenvalue weighted by atomic mass is 10.1. The van der Waals surface area contributed by atoms with Gasteiger partial charge >= 0.3 is 5.97 Å². The van der Waals surface area contributed by atoms with Crippen LogP contribution in [0.2, 0.25) is 0 Å². The monoisotopic (exact) mass is 190 g/mol. The molecule has 0 amide bonds. The van der Waals surface area contributed by atoms with Crippen LogP contribution in [0.4, 0.5) is 0 Å². The standard InChI is InChI=1S/C9H6N2O3/c12-9-8(10-13)7(11-14-9)6-4-2-1-3-5-6/h1-5,13H. The summed E-state index contributed by atoms with van der Waals surface area (Å²) in [6, 6.07) is 8.89. The van der Waals surface area contributed by atoms with Gasteiger partial charge in [-0.15, -0.1) is 0 Å². The highest BCUT2D eigenvalue weighted by molar-refractivity contribution is 6.70. The molecule has 0 aliphatic carbocycles. The van der Waals surface area contributed by atoms with Crippen LogP contribution in [0.5, 0.6) is 0 Å². The molecule has 0 atom stereocenters. The summed E-state index contributed by atoms with van der Waals surface area (Å²) < 4.78 is 0. The summed E-state index contributed by atoms with van der Waals surface area (Å²) in [6.07, 6.45) is 0. The lowest BCUT2D eigenvalue weighted by Gasteiger charge is -1.95. The normalized spacial score (nSPS) is 18.1. The van der Waals surface area contributed by atoms with Gasteiger partial charge in [0.15, 0.2) is 0 Å². The SMILES string of the molecule is O=C1ON=C(c2ccccc2)C1=NO. The van der Waals surface area contributed by atoms with Gasteiger partial charge in [-0.05, 0) is 0 Å². The van der Waals surface area contributed by atoms with Crippen molar-refractivity contribution in [3.8, 4) is 0 Å². The molecular formula is C9H6N2O3. The lowest BCUT2D eigenvalue weighted by Crippen LogP contribution is -2.18. The van der Waals surface area contributed by atoms with Crippen LogP contribution in [0.3, 0.4) is 0 Å². The van der Waals surface area contributed by atoms with Crippen molar-refractivity contribution in [2.24, 2.45) is 10.3 Å². The van der Waals surface area contributed by atoms with E-state index in [1.807, 2.05) is 6.07 Å². The minimum Gasteiger partial charge on any atom is -0.410 e. The van der Waals surface area contributed by atoms with E-state index in [9.17, 15) is 4.79 Å². The Balaban J connectivity index is 2.42. The molecule has 1 N–H and O–H groups in total. The molecule has 0 aromatic heterocycles. The second kappa shape index (κ2) is 3.29. The van der Waals surface area contributed by atoms with Crippen molar-refractivity contribution >= 4 is 17.4 Å². The molecule has 1 aromatic carbocycles. The number of carbonyl (C=O) groups excluding carboxylic acids is 1. The van der Waals surface area contributed by atoms with Crippen molar-refractivity contribution < 1.29 is 14.8 Å². The Labute approximate surface area is 79.3 Å². The molecule has 0 bridgehead atoms. The van der Waals surface area contributed by atoms with E-state index in [1.165, 1.54) is 0 Å². The van der Waals surface area contributed by atoms with E-state index in [1.54, 1.807) is 24.3 Å². The van der Waals surface area contributed by atoms with E-state index in [0.29, 0.717) is 5.56 Å². The minimum atomic E-state index is -0.744. The van der Waals surface area contributed by atoms with Crippen LogP contribution in [-0.4, -0.2) is 22.6 Å². The Morgan fingerprint density at radius 1 is 1.29 bits per heavy atom. The molecule has 1 aliphatic heterocycles. The van der Waals surface area contributed by atoms with Gasteiger partial charge in [0.05, 0.1) is 0 Å². The second-order valence-electron chi connectivity index (χ2n) is 2.63. The zero-order valence-electron chi connectivity index (χ0n) is 7.04. The van der Waals surface area contributed by atoms with Gasteiger partial charge in [-0.1, -0.05) is 40.6 Å². The molecule has 0 radical (unpaired) electrons. The van der Waals surface area contributed by atoms with Gasteiger partial charge in [-0.2, -0.15) is 0 Å². The van der Waals surface area contributed by atoms with Crippen LogP contribution in [0, 0.1) is 0 Å². The van der Waals surface area contributed by atoms with Crippen LogP contribution in [-0.2, 0) is 9.63 Å². The summed E-state index contributed by atoms with van der Waals surface area (Å²) in [5.74, 6) is -0.744. The Bertz CT molecular complexity index is 423. The van der Waals surface area contributed by atoms with Crippen molar-refractivity contribution in [1.29, 1.82) is 0 Å². The molecule has 1 heterocycles. The third-order valence-corrected chi connectivity index (χ3v) is 1.78. The van der Waals surface area contributed by atoms with E-state index in [-0.39, 0.29) is 11.4 Å². The quantitative estimate of drug-likeness (QED) is 0.404. The van der Waals surface area contributed by atoms with Crippen molar-refractivity contribution in [3.63, 3.8) is 0 Å². The largest absolute Gasteiger partial charge is 0.410 e. The predicted molar refractivity (Wildman–Crippen MR) is 48.3 cm³/mol. The lowest BCUT2D eigenvalue weighted by molar-refractivity contribution is -0.134. The molecule has 0 saturated heterocycles. The number of benzene rings is 1. The smallest absolute Gasteiger partial charge is 0.389 e. The third kappa shape index (κ3) is 1.24. The Morgan fingerprint density at radius 2 is 2.00 bits per heavy atom. The number of oxime groups is 2. The molecule has 1 aliphatic rings. The zero-order valence-corrected chi connectivity index (χ0v) is 7.04. The number of hydrogen-bond acceptors (Lipinski definition) is 5. The highest BCUT2D eigenvalue weighted by Gasteiger charge is 2.29. The Kier molecular flexibility index (Phi) is 1.98. The minimum absolute atomic E-state index is 0.170. The summed E-state index contributed by atoms with van der Waals surface area (Å²) in [6.45, 7) is 0. The molecule has 0 saturated carbocycles. The van der Waals surface area contributed by atoms with E-state index < -0.39 is 5.97 Å². The first-order valence-corrected chi connectivity index (χ1v) is 3.90. The highest BCUT2D eigenvalue weighted by Crippen LogP contribution is 2.09. The summed E-state index contributed by atoms with van der Waals surface area (Å²) in [4.78, 5) is 15.3. The van der Waals surface area contributed by atoms with E-state index in [2.05, 4.69) is 15.1 Å². The molecule has 0 unspecified atom stereocenters. The molecule has 1 aromatic rings. The average Bonchev–Trinajstić information content (AvgIpc) is 2.61. The average molecular weight is 190 g/mol. The third-order valence-electron chi connectivity index (χ3n) is 1.78. The number of hydrogen-bond donors (Lipinski definition) is 1. The van der Waals surface area contributed by atoms with Crippen LogP contribution in [0.1, 0.15) is 5.56 Å². The maximum absolute atomic E-state index is 11.0. The fraction of sp³-hybridized carbons (Fsp3) is 0. The molecule has 5 nitrogen and oxygen atoms in total. The number of rotatable bonds is 1. The first-order chi connectivity index (χ1) is 6.83.